The molecule has 0 aromatic heterocycles. The van der Waals surface area contributed by atoms with Crippen LogP contribution in [0.5, 0.6) is 0 Å². The third kappa shape index (κ3) is 5.61. The lowest BCUT2D eigenvalue weighted by atomic mass is 9.97. The van der Waals surface area contributed by atoms with Crippen molar-refractivity contribution in [3.05, 3.63) is 34.3 Å². The fourth-order valence-electron chi connectivity index (χ4n) is 2.12. The van der Waals surface area contributed by atoms with Crippen LogP contribution >= 0.6 is 15.9 Å². The van der Waals surface area contributed by atoms with Crippen molar-refractivity contribution in [2.45, 2.75) is 38.5 Å². The first kappa shape index (κ1) is 16.6. The van der Waals surface area contributed by atoms with Gasteiger partial charge in [0.05, 0.1) is 5.60 Å². The van der Waals surface area contributed by atoms with Crippen LogP contribution in [0.3, 0.4) is 0 Å². The Morgan fingerprint density at radius 1 is 1.42 bits per heavy atom. The minimum atomic E-state index is -0.143. The number of ether oxygens (including phenoxy) is 1. The molecule has 1 aromatic carbocycles. The third-order valence-electron chi connectivity index (χ3n) is 3.50. The third-order valence-corrected chi connectivity index (χ3v) is 3.99. The fourth-order valence-corrected chi connectivity index (χ4v) is 2.57. The number of rotatable bonds is 7. The van der Waals surface area contributed by atoms with Crippen LogP contribution in [-0.2, 0) is 11.3 Å². The molecule has 1 aromatic rings. The van der Waals surface area contributed by atoms with Gasteiger partial charge < -0.3 is 10.5 Å². The summed E-state index contributed by atoms with van der Waals surface area (Å²) in [5.74, 6) is 0. The maximum atomic E-state index is 5.91. The average molecular weight is 329 g/mol. The van der Waals surface area contributed by atoms with Gasteiger partial charge in [-0.2, -0.15) is 0 Å². The Morgan fingerprint density at radius 3 is 2.63 bits per heavy atom. The van der Waals surface area contributed by atoms with Crippen LogP contribution in [0.4, 0.5) is 0 Å². The van der Waals surface area contributed by atoms with Gasteiger partial charge in [-0.25, -0.2) is 0 Å². The topological polar surface area (TPSA) is 38.5 Å². The zero-order valence-corrected chi connectivity index (χ0v) is 13.9. The molecule has 108 valence electrons. The molecule has 1 rings (SSSR count). The van der Waals surface area contributed by atoms with Crippen LogP contribution in [0.15, 0.2) is 28.7 Å². The van der Waals surface area contributed by atoms with E-state index in [0.29, 0.717) is 12.6 Å². The van der Waals surface area contributed by atoms with Gasteiger partial charge >= 0.3 is 0 Å². The standard InChI is InChI=1S/C15H25BrN2O/c1-15(2,19-4)9-14(10-17)18(3)11-12-6-5-7-13(16)8-12/h5-8,14H,9-11,17H2,1-4H3. The molecule has 0 saturated heterocycles. The monoisotopic (exact) mass is 328 g/mol. The van der Waals surface area contributed by atoms with E-state index in [1.54, 1.807) is 7.11 Å². The lowest BCUT2D eigenvalue weighted by Crippen LogP contribution is -2.43. The van der Waals surface area contributed by atoms with Crippen LogP contribution in [0.25, 0.3) is 0 Å². The molecule has 19 heavy (non-hydrogen) atoms. The summed E-state index contributed by atoms with van der Waals surface area (Å²) in [6, 6.07) is 8.69. The van der Waals surface area contributed by atoms with E-state index in [4.69, 9.17) is 10.5 Å². The van der Waals surface area contributed by atoms with Crippen molar-refractivity contribution in [3.63, 3.8) is 0 Å². The number of halogens is 1. The Labute approximate surface area is 125 Å². The summed E-state index contributed by atoms with van der Waals surface area (Å²) >= 11 is 3.50. The molecule has 0 fully saturated rings. The van der Waals surface area contributed by atoms with E-state index in [2.05, 4.69) is 59.9 Å². The molecule has 0 saturated carbocycles. The van der Waals surface area contributed by atoms with Gasteiger partial charge in [-0.3, -0.25) is 4.90 Å². The van der Waals surface area contributed by atoms with Gasteiger partial charge in [-0.05, 0) is 45.0 Å². The molecular formula is C15H25BrN2O. The van der Waals surface area contributed by atoms with Crippen molar-refractivity contribution in [1.82, 2.24) is 4.90 Å². The van der Waals surface area contributed by atoms with E-state index < -0.39 is 0 Å². The minimum absolute atomic E-state index is 0.143. The van der Waals surface area contributed by atoms with Crippen LogP contribution in [0.2, 0.25) is 0 Å². The fraction of sp³-hybridized carbons (Fsp3) is 0.600. The second kappa shape index (κ2) is 7.39. The Hall–Kier alpha value is -0.420. The molecule has 2 N–H and O–H groups in total. The molecule has 0 bridgehead atoms. The summed E-state index contributed by atoms with van der Waals surface area (Å²) in [5, 5.41) is 0. The predicted molar refractivity (Wildman–Crippen MR) is 84.2 cm³/mol. The van der Waals surface area contributed by atoms with Crippen molar-refractivity contribution in [3.8, 4) is 0 Å². The second-order valence-electron chi connectivity index (χ2n) is 5.60. The largest absolute Gasteiger partial charge is 0.379 e. The predicted octanol–water partition coefficient (Wildman–Crippen LogP) is 3.02. The van der Waals surface area contributed by atoms with Gasteiger partial charge in [0.1, 0.15) is 0 Å². The van der Waals surface area contributed by atoms with Gasteiger partial charge in [0.15, 0.2) is 0 Å². The molecular weight excluding hydrogens is 304 g/mol. The maximum Gasteiger partial charge on any atom is 0.0638 e. The summed E-state index contributed by atoms with van der Waals surface area (Å²) in [7, 11) is 3.87. The van der Waals surface area contributed by atoms with Gasteiger partial charge in [0.25, 0.3) is 0 Å². The highest BCUT2D eigenvalue weighted by molar-refractivity contribution is 9.10. The quantitative estimate of drug-likeness (QED) is 0.836. The number of likely N-dealkylation sites (N-methyl/N-ethyl adjacent to an activating group) is 1. The van der Waals surface area contributed by atoms with Crippen molar-refractivity contribution < 1.29 is 4.74 Å². The highest BCUT2D eigenvalue weighted by atomic mass is 79.9. The molecule has 3 nitrogen and oxygen atoms in total. The van der Waals surface area contributed by atoms with Crippen molar-refractivity contribution in [2.75, 3.05) is 20.7 Å². The van der Waals surface area contributed by atoms with Crippen LogP contribution in [-0.4, -0.2) is 37.2 Å². The lowest BCUT2D eigenvalue weighted by molar-refractivity contribution is -0.00539. The highest BCUT2D eigenvalue weighted by Crippen LogP contribution is 2.20. The molecule has 0 spiro atoms. The number of benzene rings is 1. The average Bonchev–Trinajstić information content (AvgIpc) is 2.36. The molecule has 0 radical (unpaired) electrons. The molecule has 4 heteroatoms. The minimum Gasteiger partial charge on any atom is -0.379 e. The number of nitrogens with two attached hydrogens (primary N) is 1. The van der Waals surface area contributed by atoms with Gasteiger partial charge in [-0.15, -0.1) is 0 Å². The van der Waals surface area contributed by atoms with Crippen molar-refractivity contribution in [2.24, 2.45) is 5.73 Å². The SMILES string of the molecule is COC(C)(C)CC(CN)N(C)Cc1cccc(Br)c1. The first-order valence-electron chi connectivity index (χ1n) is 6.58. The van der Waals surface area contributed by atoms with E-state index in [-0.39, 0.29) is 5.60 Å². The number of methoxy groups -OCH3 is 1. The van der Waals surface area contributed by atoms with Crippen molar-refractivity contribution >= 4 is 15.9 Å². The van der Waals surface area contributed by atoms with E-state index >= 15 is 0 Å². The Morgan fingerprint density at radius 2 is 2.11 bits per heavy atom. The first-order valence-corrected chi connectivity index (χ1v) is 7.37. The molecule has 0 aliphatic carbocycles. The maximum absolute atomic E-state index is 5.91. The number of nitrogens with zero attached hydrogens (tertiary/aromatic N) is 1. The number of hydrogen-bond donors (Lipinski definition) is 1. The highest BCUT2D eigenvalue weighted by Gasteiger charge is 2.24. The second-order valence-corrected chi connectivity index (χ2v) is 6.52. The summed E-state index contributed by atoms with van der Waals surface area (Å²) < 4.78 is 6.61. The van der Waals surface area contributed by atoms with Gasteiger partial charge in [0.2, 0.25) is 0 Å². The zero-order chi connectivity index (χ0) is 14.5. The molecule has 0 aliphatic rings. The number of hydrogen-bond acceptors (Lipinski definition) is 3. The van der Waals surface area contributed by atoms with E-state index in [1.165, 1.54) is 5.56 Å². The summed E-state index contributed by atoms with van der Waals surface area (Å²) in [4.78, 5) is 2.29. The van der Waals surface area contributed by atoms with Gasteiger partial charge in [0, 0.05) is 30.7 Å². The molecule has 1 unspecified atom stereocenters. The van der Waals surface area contributed by atoms with Crippen LogP contribution < -0.4 is 5.73 Å². The zero-order valence-electron chi connectivity index (χ0n) is 12.3. The Bertz CT molecular complexity index is 395. The smallest absolute Gasteiger partial charge is 0.0638 e. The first-order chi connectivity index (χ1) is 8.88. The molecule has 0 amide bonds. The normalized spacial score (nSPS) is 13.8. The Kier molecular flexibility index (Phi) is 6.47. The van der Waals surface area contributed by atoms with E-state index in [1.807, 2.05) is 6.07 Å². The lowest BCUT2D eigenvalue weighted by Gasteiger charge is -2.33. The van der Waals surface area contributed by atoms with E-state index in [0.717, 1.165) is 17.4 Å². The molecule has 0 heterocycles. The summed E-state index contributed by atoms with van der Waals surface area (Å²) in [6.07, 6.45) is 0.921. The van der Waals surface area contributed by atoms with E-state index in [9.17, 15) is 0 Å². The summed E-state index contributed by atoms with van der Waals surface area (Å²) in [5.41, 5.74) is 7.05. The summed E-state index contributed by atoms with van der Waals surface area (Å²) in [6.45, 7) is 5.73. The molecule has 1 atom stereocenters. The van der Waals surface area contributed by atoms with Crippen molar-refractivity contribution in [1.29, 1.82) is 0 Å². The van der Waals surface area contributed by atoms with Crippen LogP contribution in [0.1, 0.15) is 25.8 Å². The van der Waals surface area contributed by atoms with Crippen LogP contribution in [0, 0.1) is 0 Å². The Balaban J connectivity index is 2.66. The molecule has 0 aliphatic heterocycles. The van der Waals surface area contributed by atoms with Gasteiger partial charge in [-0.1, -0.05) is 28.1 Å².